The average Bonchev–Trinajstić information content (AvgIpc) is 2.19. The molecule has 0 aliphatic heterocycles. The third kappa shape index (κ3) is 3.12. The predicted molar refractivity (Wildman–Crippen MR) is 57.3 cm³/mol. The van der Waals surface area contributed by atoms with E-state index in [1.54, 1.807) is 0 Å². The van der Waals surface area contributed by atoms with Crippen LogP contribution in [0, 0.1) is 10.7 Å². The average molecular weight is 191 g/mol. The molecule has 0 heterocycles. The lowest BCUT2D eigenvalue weighted by molar-refractivity contribution is 0.781. The number of hydrogen-bond donors (Lipinski definition) is 0. The van der Waals surface area contributed by atoms with Crippen molar-refractivity contribution in [3.05, 3.63) is 35.9 Å². The maximum Gasteiger partial charge on any atom is 0.133 e. The van der Waals surface area contributed by atoms with Crippen LogP contribution in [0.5, 0.6) is 0 Å². The molecule has 2 heteroatoms. The van der Waals surface area contributed by atoms with Gasteiger partial charge in [0.15, 0.2) is 0 Å². The van der Waals surface area contributed by atoms with Crippen molar-refractivity contribution in [2.24, 2.45) is 0 Å². The van der Waals surface area contributed by atoms with E-state index in [0.29, 0.717) is 5.25 Å². The van der Waals surface area contributed by atoms with Gasteiger partial charge in [-0.2, -0.15) is 5.26 Å². The molecule has 1 unspecified atom stereocenters. The van der Waals surface area contributed by atoms with E-state index in [9.17, 15) is 0 Å². The van der Waals surface area contributed by atoms with Crippen molar-refractivity contribution in [1.29, 1.82) is 5.26 Å². The molecule has 13 heavy (non-hydrogen) atoms. The van der Waals surface area contributed by atoms with Crippen LogP contribution in [-0.2, 0) is 0 Å². The molecule has 1 atom stereocenters. The fourth-order valence-electron chi connectivity index (χ4n) is 1.29. The maximum atomic E-state index is 8.64. The number of nitriles is 1. The SMILES string of the molecule is CCCC(SC#N)c1ccccc1. The Morgan fingerprint density at radius 2 is 2.08 bits per heavy atom. The molecule has 0 saturated heterocycles. The molecule has 0 N–H and O–H groups in total. The summed E-state index contributed by atoms with van der Waals surface area (Å²) in [6, 6.07) is 10.2. The van der Waals surface area contributed by atoms with Gasteiger partial charge in [-0.25, -0.2) is 0 Å². The normalized spacial score (nSPS) is 12.0. The van der Waals surface area contributed by atoms with Crippen LogP contribution >= 0.6 is 11.8 Å². The van der Waals surface area contributed by atoms with Crippen molar-refractivity contribution in [1.82, 2.24) is 0 Å². The molecule has 0 bridgehead atoms. The van der Waals surface area contributed by atoms with Gasteiger partial charge in [-0.3, -0.25) is 0 Å². The van der Waals surface area contributed by atoms with Gasteiger partial charge in [0.25, 0.3) is 0 Å². The molecule has 68 valence electrons. The summed E-state index contributed by atoms with van der Waals surface area (Å²) in [5.41, 5.74) is 1.26. The smallest absolute Gasteiger partial charge is 0.133 e. The van der Waals surface area contributed by atoms with E-state index in [2.05, 4.69) is 24.5 Å². The standard InChI is InChI=1S/C11H13NS/c1-2-6-11(13-9-12)10-7-4-3-5-8-10/h3-5,7-8,11H,2,6H2,1H3. The second-order valence-electron chi connectivity index (χ2n) is 2.90. The Hall–Kier alpha value is -0.940. The monoisotopic (exact) mass is 191 g/mol. The first-order chi connectivity index (χ1) is 6.38. The van der Waals surface area contributed by atoms with E-state index in [0.717, 1.165) is 12.8 Å². The van der Waals surface area contributed by atoms with Gasteiger partial charge in [0.05, 0.1) is 0 Å². The third-order valence-corrected chi connectivity index (χ3v) is 2.81. The zero-order valence-corrected chi connectivity index (χ0v) is 8.55. The molecule has 1 aromatic carbocycles. The number of hydrogen-bond acceptors (Lipinski definition) is 2. The molecule has 0 spiro atoms. The first-order valence-corrected chi connectivity index (χ1v) is 5.36. The molecule has 0 aliphatic carbocycles. The molecular weight excluding hydrogens is 178 g/mol. The van der Waals surface area contributed by atoms with Crippen LogP contribution in [0.1, 0.15) is 30.6 Å². The number of benzene rings is 1. The first kappa shape index (κ1) is 10.1. The van der Waals surface area contributed by atoms with Gasteiger partial charge in [0.1, 0.15) is 5.40 Å². The highest BCUT2D eigenvalue weighted by Crippen LogP contribution is 2.31. The molecular formula is C11H13NS. The van der Waals surface area contributed by atoms with E-state index >= 15 is 0 Å². The van der Waals surface area contributed by atoms with Crippen LogP contribution in [0.15, 0.2) is 30.3 Å². The van der Waals surface area contributed by atoms with E-state index in [1.165, 1.54) is 17.3 Å². The summed E-state index contributed by atoms with van der Waals surface area (Å²) in [6.45, 7) is 2.15. The molecule has 1 rings (SSSR count). The second-order valence-corrected chi connectivity index (χ2v) is 3.88. The van der Waals surface area contributed by atoms with Gasteiger partial charge in [-0.05, 0) is 23.7 Å². The van der Waals surface area contributed by atoms with Crippen molar-refractivity contribution in [2.45, 2.75) is 25.0 Å². The Bertz CT molecular complexity index is 276. The Balaban J connectivity index is 2.71. The summed E-state index contributed by atoms with van der Waals surface area (Å²) in [7, 11) is 0. The molecule has 0 amide bonds. The van der Waals surface area contributed by atoms with Gasteiger partial charge in [0.2, 0.25) is 0 Å². The topological polar surface area (TPSA) is 23.8 Å². The lowest BCUT2D eigenvalue weighted by atomic mass is 10.1. The highest BCUT2D eigenvalue weighted by Gasteiger charge is 2.09. The molecule has 1 aromatic rings. The van der Waals surface area contributed by atoms with Gasteiger partial charge >= 0.3 is 0 Å². The van der Waals surface area contributed by atoms with Crippen molar-refractivity contribution in [3.63, 3.8) is 0 Å². The summed E-state index contributed by atoms with van der Waals surface area (Å²) in [6.07, 6.45) is 2.19. The van der Waals surface area contributed by atoms with Crippen molar-refractivity contribution in [2.75, 3.05) is 0 Å². The molecule has 1 nitrogen and oxygen atoms in total. The Kier molecular flexibility index (Phi) is 4.42. The van der Waals surface area contributed by atoms with Gasteiger partial charge < -0.3 is 0 Å². The Morgan fingerprint density at radius 1 is 1.38 bits per heavy atom. The van der Waals surface area contributed by atoms with Gasteiger partial charge in [-0.1, -0.05) is 43.7 Å². The summed E-state index contributed by atoms with van der Waals surface area (Å²) in [4.78, 5) is 0. The van der Waals surface area contributed by atoms with Crippen LogP contribution in [-0.4, -0.2) is 0 Å². The van der Waals surface area contributed by atoms with Crippen LogP contribution < -0.4 is 0 Å². The minimum absolute atomic E-state index is 0.344. The van der Waals surface area contributed by atoms with Crippen molar-refractivity contribution in [3.8, 4) is 5.40 Å². The van der Waals surface area contributed by atoms with E-state index < -0.39 is 0 Å². The minimum Gasteiger partial charge on any atom is -0.185 e. The number of thioether (sulfide) groups is 1. The molecule has 0 saturated carbocycles. The summed E-state index contributed by atoms with van der Waals surface area (Å²) < 4.78 is 0. The maximum absolute atomic E-state index is 8.64. The summed E-state index contributed by atoms with van der Waals surface area (Å²) >= 11 is 1.36. The number of nitrogens with zero attached hydrogens (tertiary/aromatic N) is 1. The predicted octanol–water partition coefficient (Wildman–Crippen LogP) is 3.74. The molecule has 0 fully saturated rings. The van der Waals surface area contributed by atoms with Gasteiger partial charge in [-0.15, -0.1) is 0 Å². The minimum atomic E-state index is 0.344. The fraction of sp³-hybridized carbons (Fsp3) is 0.364. The molecule has 0 radical (unpaired) electrons. The zero-order valence-electron chi connectivity index (χ0n) is 7.73. The van der Waals surface area contributed by atoms with Crippen molar-refractivity contribution >= 4 is 11.8 Å². The summed E-state index contributed by atoms with van der Waals surface area (Å²) in [5, 5.41) is 11.1. The number of thiocyanates is 1. The number of rotatable bonds is 4. The highest BCUT2D eigenvalue weighted by molar-refractivity contribution is 8.03. The zero-order chi connectivity index (χ0) is 9.52. The van der Waals surface area contributed by atoms with Crippen molar-refractivity contribution < 1.29 is 0 Å². The van der Waals surface area contributed by atoms with E-state index in [-0.39, 0.29) is 0 Å². The first-order valence-electron chi connectivity index (χ1n) is 4.48. The highest BCUT2D eigenvalue weighted by atomic mass is 32.2. The van der Waals surface area contributed by atoms with E-state index in [4.69, 9.17) is 5.26 Å². The molecule has 0 aromatic heterocycles. The van der Waals surface area contributed by atoms with Crippen LogP contribution in [0.4, 0.5) is 0 Å². The van der Waals surface area contributed by atoms with Crippen LogP contribution in [0.3, 0.4) is 0 Å². The largest absolute Gasteiger partial charge is 0.185 e. The summed E-state index contributed by atoms with van der Waals surface area (Å²) in [5.74, 6) is 0. The lowest BCUT2D eigenvalue weighted by Gasteiger charge is -2.10. The van der Waals surface area contributed by atoms with E-state index in [1.807, 2.05) is 18.2 Å². The Morgan fingerprint density at radius 3 is 2.62 bits per heavy atom. The van der Waals surface area contributed by atoms with Gasteiger partial charge in [0, 0.05) is 5.25 Å². The fourth-order valence-corrected chi connectivity index (χ4v) is 2.06. The second kappa shape index (κ2) is 5.66. The Labute approximate surface area is 83.8 Å². The molecule has 0 aliphatic rings. The third-order valence-electron chi connectivity index (χ3n) is 1.92. The van der Waals surface area contributed by atoms with Crippen LogP contribution in [0.2, 0.25) is 0 Å². The van der Waals surface area contributed by atoms with Crippen LogP contribution in [0.25, 0.3) is 0 Å². The quantitative estimate of drug-likeness (QED) is 0.677. The lowest BCUT2D eigenvalue weighted by Crippen LogP contribution is -1.91.